The predicted molar refractivity (Wildman–Crippen MR) is 75.8 cm³/mol. The fourth-order valence-electron chi connectivity index (χ4n) is 2.62. The summed E-state index contributed by atoms with van der Waals surface area (Å²) in [6.45, 7) is 1.21. The predicted octanol–water partition coefficient (Wildman–Crippen LogP) is 0.393. The second-order valence-electron chi connectivity index (χ2n) is 5.66. The van der Waals surface area contributed by atoms with Crippen molar-refractivity contribution in [2.75, 3.05) is 6.54 Å². The molecule has 0 aliphatic carbocycles. The summed E-state index contributed by atoms with van der Waals surface area (Å²) in [5.74, 6) is -2.93. The van der Waals surface area contributed by atoms with E-state index in [0.717, 1.165) is 6.07 Å². The van der Waals surface area contributed by atoms with Gasteiger partial charge >= 0.3 is 0 Å². The Morgan fingerprint density at radius 3 is 2.75 bits per heavy atom. The third kappa shape index (κ3) is 3.37. The van der Waals surface area contributed by atoms with Crippen molar-refractivity contribution in [3.63, 3.8) is 0 Å². The molecule has 10 heteroatoms. The van der Waals surface area contributed by atoms with Crippen LogP contribution in [0.3, 0.4) is 0 Å². The van der Waals surface area contributed by atoms with E-state index in [2.05, 4.69) is 15.5 Å². The van der Waals surface area contributed by atoms with Crippen molar-refractivity contribution in [3.8, 4) is 0 Å². The summed E-state index contributed by atoms with van der Waals surface area (Å²) >= 11 is 0. The van der Waals surface area contributed by atoms with E-state index in [1.54, 1.807) is 9.58 Å². The first-order valence-corrected chi connectivity index (χ1v) is 7.36. The van der Waals surface area contributed by atoms with E-state index in [9.17, 15) is 18.0 Å². The van der Waals surface area contributed by atoms with Gasteiger partial charge in [-0.2, -0.15) is 0 Å². The Bertz CT molecular complexity index is 765. The smallest absolute Gasteiger partial charge is 0.224 e. The normalized spacial score (nSPS) is 15.2. The Balaban J connectivity index is 1.60. The highest BCUT2D eigenvalue weighted by molar-refractivity contribution is 5.76. The molecule has 0 bridgehead atoms. The van der Waals surface area contributed by atoms with E-state index in [0.29, 0.717) is 25.0 Å². The number of rotatable bonds is 4. The fraction of sp³-hybridized carbons (Fsp3) is 0.429. The number of tetrazole rings is 1. The lowest BCUT2D eigenvalue weighted by atomic mass is 10.0. The molecular formula is C14H15F3N6O. The van der Waals surface area contributed by atoms with Crippen molar-refractivity contribution in [1.29, 1.82) is 0 Å². The summed E-state index contributed by atoms with van der Waals surface area (Å²) in [6, 6.07) is 0.531. The Labute approximate surface area is 135 Å². The van der Waals surface area contributed by atoms with Crippen LogP contribution in [0.25, 0.3) is 0 Å². The maximum atomic E-state index is 13.6. The molecule has 0 saturated carbocycles. The van der Waals surface area contributed by atoms with Gasteiger partial charge in [-0.1, -0.05) is 0 Å². The largest absolute Gasteiger partial charge is 0.333 e. The minimum Gasteiger partial charge on any atom is -0.333 e. The monoisotopic (exact) mass is 340 g/mol. The quantitative estimate of drug-likeness (QED) is 0.814. The first-order chi connectivity index (χ1) is 11.4. The third-order valence-corrected chi connectivity index (χ3v) is 3.88. The zero-order chi connectivity index (χ0) is 17.3. The summed E-state index contributed by atoms with van der Waals surface area (Å²) in [7, 11) is 0. The summed E-state index contributed by atoms with van der Waals surface area (Å²) in [5, 5.41) is 11.1. The molecule has 7 nitrogen and oxygen atoms in total. The lowest BCUT2D eigenvalue weighted by molar-refractivity contribution is -0.133. The van der Waals surface area contributed by atoms with Gasteiger partial charge in [-0.25, -0.2) is 17.9 Å². The van der Waals surface area contributed by atoms with Crippen LogP contribution in [0.15, 0.2) is 12.1 Å². The molecule has 1 aliphatic rings. The van der Waals surface area contributed by atoms with Crippen molar-refractivity contribution in [2.24, 2.45) is 5.73 Å². The second kappa shape index (κ2) is 6.56. The van der Waals surface area contributed by atoms with Crippen LogP contribution in [0.4, 0.5) is 13.2 Å². The van der Waals surface area contributed by atoms with Gasteiger partial charge in [-0.15, -0.1) is 5.10 Å². The Kier molecular flexibility index (Phi) is 4.47. The first kappa shape index (κ1) is 16.4. The first-order valence-electron chi connectivity index (χ1n) is 7.36. The number of carbonyl (C=O) groups excluding carboxylic acids is 1. The molecule has 0 spiro atoms. The molecule has 2 heterocycles. The number of halogens is 3. The van der Waals surface area contributed by atoms with Gasteiger partial charge < -0.3 is 10.6 Å². The minimum absolute atomic E-state index is 0.0417. The lowest BCUT2D eigenvalue weighted by Crippen LogP contribution is -2.41. The number of aromatic nitrogens is 4. The van der Waals surface area contributed by atoms with Crippen molar-refractivity contribution < 1.29 is 18.0 Å². The SMILES string of the molecule is N[C@@H](CC(=O)N1CCn2nnnc2C1)Cc1cc(F)c(F)cc1F. The van der Waals surface area contributed by atoms with Crippen LogP contribution >= 0.6 is 0 Å². The molecule has 1 aromatic carbocycles. The Morgan fingerprint density at radius 2 is 1.96 bits per heavy atom. The molecule has 1 amide bonds. The molecule has 0 saturated heterocycles. The molecule has 2 N–H and O–H groups in total. The van der Waals surface area contributed by atoms with Crippen molar-refractivity contribution >= 4 is 5.91 Å². The van der Waals surface area contributed by atoms with Crippen molar-refractivity contribution in [2.45, 2.75) is 32.0 Å². The van der Waals surface area contributed by atoms with E-state index in [1.165, 1.54) is 0 Å². The van der Waals surface area contributed by atoms with Gasteiger partial charge in [0, 0.05) is 25.1 Å². The van der Waals surface area contributed by atoms with E-state index in [-0.39, 0.29) is 30.9 Å². The molecule has 0 radical (unpaired) electrons. The molecule has 0 unspecified atom stereocenters. The van der Waals surface area contributed by atoms with Crippen LogP contribution < -0.4 is 5.73 Å². The maximum Gasteiger partial charge on any atom is 0.224 e. The number of hydrogen-bond donors (Lipinski definition) is 1. The van der Waals surface area contributed by atoms with Crippen LogP contribution in [0.5, 0.6) is 0 Å². The number of hydrogen-bond acceptors (Lipinski definition) is 5. The average Bonchev–Trinajstić information content (AvgIpc) is 3.00. The second-order valence-corrected chi connectivity index (χ2v) is 5.66. The van der Waals surface area contributed by atoms with Crippen molar-refractivity contribution in [3.05, 3.63) is 41.0 Å². The number of fused-ring (bicyclic) bond motifs is 1. The number of amides is 1. The van der Waals surface area contributed by atoms with Gasteiger partial charge in [0.25, 0.3) is 0 Å². The summed E-state index contributed by atoms with van der Waals surface area (Å²) in [4.78, 5) is 13.8. The summed E-state index contributed by atoms with van der Waals surface area (Å²) in [5.41, 5.74) is 5.81. The fourth-order valence-corrected chi connectivity index (χ4v) is 2.62. The van der Waals surface area contributed by atoms with Gasteiger partial charge in [0.2, 0.25) is 5.91 Å². The molecule has 1 aliphatic heterocycles. The molecule has 128 valence electrons. The van der Waals surface area contributed by atoms with Gasteiger partial charge in [0.1, 0.15) is 5.82 Å². The molecule has 0 fully saturated rings. The molecular weight excluding hydrogens is 325 g/mol. The summed E-state index contributed by atoms with van der Waals surface area (Å²) < 4.78 is 41.4. The molecule has 24 heavy (non-hydrogen) atoms. The maximum absolute atomic E-state index is 13.6. The van der Waals surface area contributed by atoms with E-state index in [1.807, 2.05) is 0 Å². The molecule has 2 aromatic rings. The number of nitrogens with zero attached hydrogens (tertiary/aromatic N) is 5. The lowest BCUT2D eigenvalue weighted by Gasteiger charge is -2.27. The van der Waals surface area contributed by atoms with E-state index < -0.39 is 23.5 Å². The Hall–Kier alpha value is -2.49. The molecule has 1 atom stereocenters. The van der Waals surface area contributed by atoms with Crippen LogP contribution in [0.1, 0.15) is 17.8 Å². The highest BCUT2D eigenvalue weighted by atomic mass is 19.2. The highest BCUT2D eigenvalue weighted by Gasteiger charge is 2.24. The average molecular weight is 340 g/mol. The zero-order valence-corrected chi connectivity index (χ0v) is 12.6. The zero-order valence-electron chi connectivity index (χ0n) is 12.6. The van der Waals surface area contributed by atoms with Crippen LogP contribution in [-0.2, 0) is 24.3 Å². The minimum atomic E-state index is -1.26. The standard InChI is InChI=1S/C14H15F3N6O/c15-10-6-12(17)11(16)4-8(10)3-9(18)5-14(24)22-1-2-23-13(7-22)19-20-21-23/h4,6,9H,1-3,5,7,18H2/t9-/m1/s1. The van der Waals surface area contributed by atoms with E-state index in [4.69, 9.17) is 5.73 Å². The van der Waals surface area contributed by atoms with Gasteiger partial charge in [-0.05, 0) is 28.5 Å². The van der Waals surface area contributed by atoms with E-state index >= 15 is 0 Å². The number of nitrogens with two attached hydrogens (primary N) is 1. The van der Waals surface area contributed by atoms with Gasteiger partial charge in [0.15, 0.2) is 17.5 Å². The van der Waals surface area contributed by atoms with Gasteiger partial charge in [0.05, 0.1) is 13.1 Å². The number of carbonyl (C=O) groups is 1. The highest BCUT2D eigenvalue weighted by Crippen LogP contribution is 2.17. The molecule has 1 aromatic heterocycles. The summed E-state index contributed by atoms with van der Waals surface area (Å²) in [6.07, 6.45) is -0.111. The van der Waals surface area contributed by atoms with Crippen LogP contribution in [-0.4, -0.2) is 43.6 Å². The van der Waals surface area contributed by atoms with Crippen molar-refractivity contribution in [1.82, 2.24) is 25.1 Å². The molecule has 3 rings (SSSR count). The topological polar surface area (TPSA) is 89.9 Å². The Morgan fingerprint density at radius 1 is 1.21 bits per heavy atom. The third-order valence-electron chi connectivity index (χ3n) is 3.88. The number of benzene rings is 1. The van der Waals surface area contributed by atoms with Crippen LogP contribution in [0, 0.1) is 17.5 Å². The van der Waals surface area contributed by atoms with Gasteiger partial charge in [-0.3, -0.25) is 4.79 Å². The van der Waals surface area contributed by atoms with Crippen LogP contribution in [0.2, 0.25) is 0 Å².